The molecule has 2 nitrogen and oxygen atoms in total. The van der Waals surface area contributed by atoms with Gasteiger partial charge in [0.05, 0.1) is 5.41 Å². The van der Waals surface area contributed by atoms with Crippen LogP contribution in [0.25, 0.3) is 0 Å². The van der Waals surface area contributed by atoms with E-state index < -0.39 is 11.4 Å². The molecular weight excluding hydrogens is 657 g/mol. The summed E-state index contributed by atoms with van der Waals surface area (Å²) < 4.78 is 0. The Bertz CT molecular complexity index is 759. The van der Waals surface area contributed by atoms with E-state index in [9.17, 15) is 9.90 Å². The number of hydrogen-bond donors (Lipinski definition) is 1. The minimum absolute atomic E-state index is 0.380. The first-order valence-electron chi connectivity index (χ1n) is 25.5. The summed E-state index contributed by atoms with van der Waals surface area (Å²) in [5, 5.41) is 10.8. The van der Waals surface area contributed by atoms with Gasteiger partial charge in [0.1, 0.15) is 0 Å². The van der Waals surface area contributed by atoms with Crippen molar-refractivity contribution in [1.29, 1.82) is 0 Å². The van der Waals surface area contributed by atoms with Crippen molar-refractivity contribution in [3.05, 3.63) is 0 Å². The molecule has 0 bridgehead atoms. The molecule has 0 aliphatic carbocycles. The lowest BCUT2D eigenvalue weighted by molar-refractivity contribution is -0.150. The summed E-state index contributed by atoms with van der Waals surface area (Å²) in [5.74, 6) is 0.216. The molecule has 0 saturated carbocycles. The largest absolute Gasteiger partial charge is 0.481 e. The monoisotopic (exact) mass is 761 g/mol. The van der Waals surface area contributed by atoms with Gasteiger partial charge in [0.2, 0.25) is 0 Å². The van der Waals surface area contributed by atoms with Gasteiger partial charge in [-0.25, -0.2) is 0 Å². The first-order chi connectivity index (χ1) is 26.3. The third kappa shape index (κ3) is 21.3. The Morgan fingerprint density at radius 3 is 1.00 bits per heavy atom. The summed E-state index contributed by atoms with van der Waals surface area (Å²) in [6.45, 7) is 18.7. The number of hydrogen-bond acceptors (Lipinski definition) is 1. The van der Waals surface area contributed by atoms with Crippen LogP contribution in [0.5, 0.6) is 0 Å². The van der Waals surface area contributed by atoms with Crippen LogP contribution in [0.1, 0.15) is 306 Å². The molecule has 0 saturated heterocycles. The second-order valence-electron chi connectivity index (χ2n) is 18.7. The Kier molecular flexibility index (Phi) is 35.3. The van der Waals surface area contributed by atoms with Crippen LogP contribution >= 0.6 is 0 Å². The average molecular weight is 761 g/mol. The molecule has 2 atom stereocenters. The van der Waals surface area contributed by atoms with Gasteiger partial charge in [-0.1, -0.05) is 242 Å². The second-order valence-corrected chi connectivity index (χ2v) is 18.7. The van der Waals surface area contributed by atoms with E-state index in [0.29, 0.717) is 10.8 Å². The van der Waals surface area contributed by atoms with E-state index >= 15 is 0 Å². The van der Waals surface area contributed by atoms with E-state index in [1.165, 1.54) is 218 Å². The van der Waals surface area contributed by atoms with E-state index in [1.807, 2.05) is 0 Å². The maximum Gasteiger partial charge on any atom is 0.309 e. The van der Waals surface area contributed by atoms with Crippen LogP contribution in [-0.2, 0) is 4.79 Å². The summed E-state index contributed by atoms with van der Waals surface area (Å²) in [4.78, 5) is 13.1. The molecule has 324 valence electrons. The highest BCUT2D eigenvalue weighted by Gasteiger charge is 2.52. The van der Waals surface area contributed by atoms with Crippen molar-refractivity contribution >= 4 is 5.97 Å². The molecule has 2 unspecified atom stereocenters. The van der Waals surface area contributed by atoms with E-state index in [4.69, 9.17) is 0 Å². The molecule has 0 rings (SSSR count). The molecule has 0 fully saturated rings. The zero-order chi connectivity index (χ0) is 40.2. The first-order valence-corrected chi connectivity index (χ1v) is 25.5. The van der Waals surface area contributed by atoms with Gasteiger partial charge >= 0.3 is 5.97 Å². The number of carboxylic acids is 1. The summed E-state index contributed by atoms with van der Waals surface area (Å²) in [6, 6.07) is 0. The van der Waals surface area contributed by atoms with E-state index in [-0.39, 0.29) is 0 Å². The van der Waals surface area contributed by atoms with Gasteiger partial charge in [-0.15, -0.1) is 0 Å². The molecule has 0 amide bonds. The van der Waals surface area contributed by atoms with Crippen LogP contribution in [0.3, 0.4) is 0 Å². The second kappa shape index (κ2) is 35.6. The maximum atomic E-state index is 13.1. The van der Waals surface area contributed by atoms with Gasteiger partial charge in [0.25, 0.3) is 0 Å². The molecule has 0 aromatic carbocycles. The molecule has 0 aliphatic heterocycles. The van der Waals surface area contributed by atoms with Crippen LogP contribution in [-0.4, -0.2) is 11.1 Å². The first kappa shape index (κ1) is 53.5. The van der Waals surface area contributed by atoms with Crippen molar-refractivity contribution < 1.29 is 9.90 Å². The Morgan fingerprint density at radius 1 is 0.370 bits per heavy atom. The number of unbranched alkanes of at least 4 members (excludes halogenated alkanes) is 21. The summed E-state index contributed by atoms with van der Waals surface area (Å²) in [6.07, 6.45) is 51.1. The lowest BCUT2D eigenvalue weighted by Gasteiger charge is -2.57. The fraction of sp³-hybridized carbons (Fsp3) is 0.981. The molecule has 0 aromatic heterocycles. The van der Waals surface area contributed by atoms with Gasteiger partial charge in [-0.05, 0) is 81.0 Å². The van der Waals surface area contributed by atoms with Crippen LogP contribution in [0.15, 0.2) is 0 Å². The quantitative estimate of drug-likeness (QED) is 0.0629. The maximum absolute atomic E-state index is 13.1. The molecule has 1 N–H and O–H groups in total. The van der Waals surface area contributed by atoms with Crippen molar-refractivity contribution in [2.24, 2.45) is 22.2 Å². The molecule has 2 heteroatoms. The van der Waals surface area contributed by atoms with Gasteiger partial charge < -0.3 is 5.11 Å². The smallest absolute Gasteiger partial charge is 0.309 e. The summed E-state index contributed by atoms with van der Waals surface area (Å²) in [5.41, 5.74) is 0.262. The normalized spacial score (nSPS) is 14.1. The van der Waals surface area contributed by atoms with Crippen molar-refractivity contribution in [1.82, 2.24) is 0 Å². The molecule has 54 heavy (non-hydrogen) atoms. The topological polar surface area (TPSA) is 37.3 Å². The van der Waals surface area contributed by atoms with E-state index in [2.05, 4.69) is 55.4 Å². The summed E-state index contributed by atoms with van der Waals surface area (Å²) >= 11 is 0. The van der Waals surface area contributed by atoms with Gasteiger partial charge in [-0.2, -0.15) is 0 Å². The summed E-state index contributed by atoms with van der Waals surface area (Å²) in [7, 11) is 0. The Balaban J connectivity index is 7.45. The highest BCUT2D eigenvalue weighted by molar-refractivity contribution is 5.74. The number of rotatable bonds is 43. The van der Waals surface area contributed by atoms with Crippen molar-refractivity contribution in [2.45, 2.75) is 306 Å². The third-order valence-electron chi connectivity index (χ3n) is 14.6. The van der Waals surface area contributed by atoms with Crippen LogP contribution in [0, 0.1) is 22.2 Å². The number of carboxylic acid groups (broad SMARTS) is 1. The predicted molar refractivity (Wildman–Crippen MR) is 244 cm³/mol. The van der Waals surface area contributed by atoms with E-state index in [1.54, 1.807) is 0 Å². The van der Waals surface area contributed by atoms with Gasteiger partial charge in [0, 0.05) is 0 Å². The minimum atomic E-state index is -0.539. The lowest BCUT2D eigenvalue weighted by Crippen LogP contribution is -2.48. The Labute approximate surface area is 342 Å². The molecule has 0 heterocycles. The fourth-order valence-electron chi connectivity index (χ4n) is 11.0. The van der Waals surface area contributed by atoms with Gasteiger partial charge in [0.15, 0.2) is 0 Å². The van der Waals surface area contributed by atoms with Gasteiger partial charge in [-0.3, -0.25) is 4.79 Å². The van der Waals surface area contributed by atoms with Crippen LogP contribution in [0.2, 0.25) is 0 Å². The predicted octanol–water partition coefficient (Wildman–Crippen LogP) is 19.0. The van der Waals surface area contributed by atoms with E-state index in [0.717, 1.165) is 38.0 Å². The zero-order valence-electron chi connectivity index (χ0n) is 39.0. The minimum Gasteiger partial charge on any atom is -0.481 e. The number of aliphatic carboxylic acids is 1. The molecule has 0 spiro atoms. The standard InChI is InChI=1S/C52H104O2/c1-9-17-24-31-39-48(40-38-42-50(16-8,49(53)54)41-32-25-18-10-2)52(46-36-29-22-14-6,47-37-30-23-15-7)51(43-33-26-19-11-3,44-34-27-20-12-4)45-35-28-21-13-5/h48H,9-47H2,1-8H3,(H,53,54). The molecule has 0 radical (unpaired) electrons. The van der Waals surface area contributed by atoms with Crippen LogP contribution < -0.4 is 0 Å². The SMILES string of the molecule is CCCCCCC(CCCC(CC)(CCCCCC)C(=O)O)C(CCCCCC)(CCCCCC)C(CCCCCC)(CCCCCC)CCCCCC. The molecule has 0 aromatic rings. The van der Waals surface area contributed by atoms with Crippen molar-refractivity contribution in [3.8, 4) is 0 Å². The molecular formula is C52H104O2. The average Bonchev–Trinajstić information content (AvgIpc) is 3.17. The highest BCUT2D eigenvalue weighted by Crippen LogP contribution is 2.62. The van der Waals surface area contributed by atoms with Crippen molar-refractivity contribution in [2.75, 3.05) is 0 Å². The highest BCUT2D eigenvalue weighted by atomic mass is 16.4. The third-order valence-corrected chi connectivity index (χ3v) is 14.6. The van der Waals surface area contributed by atoms with Crippen LogP contribution in [0.4, 0.5) is 0 Å². The van der Waals surface area contributed by atoms with Crippen molar-refractivity contribution in [3.63, 3.8) is 0 Å². The molecule has 0 aliphatic rings. The Hall–Kier alpha value is -0.530. The fourth-order valence-corrected chi connectivity index (χ4v) is 11.0. The number of carbonyl (C=O) groups is 1. The Morgan fingerprint density at radius 2 is 0.667 bits per heavy atom. The zero-order valence-corrected chi connectivity index (χ0v) is 39.0. The lowest BCUT2D eigenvalue weighted by atomic mass is 9.47.